The fourth-order valence-corrected chi connectivity index (χ4v) is 7.00. The van der Waals surface area contributed by atoms with E-state index < -0.39 is 29.3 Å². The molecule has 1 amide bonds. The van der Waals surface area contributed by atoms with Crippen molar-refractivity contribution in [3.8, 4) is 11.5 Å². The number of thioether (sulfide) groups is 1. The number of benzene rings is 4. The molecular weight excluding hydrogens is 614 g/mol. The van der Waals surface area contributed by atoms with Gasteiger partial charge in [-0.05, 0) is 52.2 Å². The topological polar surface area (TPSA) is 102 Å². The smallest absolute Gasteiger partial charge is 0.301 e. The van der Waals surface area contributed by atoms with Crippen LogP contribution in [0.2, 0.25) is 0 Å². The van der Waals surface area contributed by atoms with E-state index in [2.05, 4.69) is 41.0 Å². The molecule has 8 nitrogen and oxygen atoms in total. The molecule has 0 spiro atoms. The summed E-state index contributed by atoms with van der Waals surface area (Å²) in [5.74, 6) is -1.92. The van der Waals surface area contributed by atoms with Gasteiger partial charge in [0, 0.05) is 11.3 Å². The number of hydrogen-bond acceptors (Lipinski definition) is 9. The van der Waals surface area contributed by atoms with Gasteiger partial charge in [-0.3, -0.25) is 14.5 Å². The van der Waals surface area contributed by atoms with E-state index in [4.69, 9.17) is 9.47 Å². The Morgan fingerprint density at radius 3 is 2.60 bits per heavy atom. The highest BCUT2D eigenvalue weighted by Gasteiger charge is 2.48. The second kappa shape index (κ2) is 12.9. The first kappa shape index (κ1) is 30.0. The fraction of sp³-hybridized carbons (Fsp3) is 0.118. The van der Waals surface area contributed by atoms with Crippen LogP contribution in [0.5, 0.6) is 11.5 Å². The first-order valence-electron chi connectivity index (χ1n) is 13.8. The Labute approximate surface area is 266 Å². The van der Waals surface area contributed by atoms with Gasteiger partial charge in [-0.2, -0.15) is 0 Å². The summed E-state index contributed by atoms with van der Waals surface area (Å²) < 4.78 is 25.8. The molecule has 6 rings (SSSR count). The highest BCUT2D eigenvalue weighted by molar-refractivity contribution is 8.00. The van der Waals surface area contributed by atoms with Gasteiger partial charge < -0.3 is 14.6 Å². The third-order valence-corrected chi connectivity index (χ3v) is 9.37. The highest BCUT2D eigenvalue weighted by Crippen LogP contribution is 2.44. The van der Waals surface area contributed by atoms with Crippen LogP contribution in [0.3, 0.4) is 0 Å². The zero-order valence-corrected chi connectivity index (χ0v) is 25.6. The number of Topliss-reactive ketones (excluding diaryl/α,β-unsaturated/α-hetero) is 1. The number of carbonyl (C=O) groups is 2. The Balaban J connectivity index is 1.37. The highest BCUT2D eigenvalue weighted by atomic mass is 32.2. The molecule has 0 aliphatic carbocycles. The van der Waals surface area contributed by atoms with Gasteiger partial charge >= 0.3 is 5.91 Å². The molecule has 1 N–H and O–H groups in total. The molecule has 1 aliphatic rings. The maximum Gasteiger partial charge on any atom is 0.301 e. The van der Waals surface area contributed by atoms with E-state index in [1.54, 1.807) is 30.3 Å². The Morgan fingerprint density at radius 1 is 1.07 bits per heavy atom. The third kappa shape index (κ3) is 5.92. The van der Waals surface area contributed by atoms with Gasteiger partial charge in [0.2, 0.25) is 5.13 Å². The predicted octanol–water partition coefficient (Wildman–Crippen LogP) is 7.32. The minimum Gasteiger partial charge on any atom is -0.507 e. The molecule has 1 unspecified atom stereocenters. The maximum absolute atomic E-state index is 14.6. The average molecular weight is 640 g/mol. The number of halogens is 1. The second-order valence-corrected chi connectivity index (χ2v) is 12.1. The van der Waals surface area contributed by atoms with E-state index >= 15 is 0 Å². The van der Waals surface area contributed by atoms with E-state index in [-0.39, 0.29) is 22.0 Å². The Morgan fingerprint density at radius 2 is 1.84 bits per heavy atom. The van der Waals surface area contributed by atoms with Gasteiger partial charge in [-0.15, -0.1) is 10.2 Å². The number of rotatable bonds is 10. The lowest BCUT2D eigenvalue weighted by Crippen LogP contribution is -2.29. The van der Waals surface area contributed by atoms with Crippen molar-refractivity contribution in [2.45, 2.75) is 16.1 Å². The molecule has 1 aliphatic heterocycles. The molecule has 2 heterocycles. The van der Waals surface area contributed by atoms with Crippen molar-refractivity contribution in [2.24, 2.45) is 0 Å². The normalized spacial score (nSPS) is 15.9. The van der Waals surface area contributed by atoms with Gasteiger partial charge in [-0.25, -0.2) is 4.39 Å². The van der Waals surface area contributed by atoms with Gasteiger partial charge in [0.05, 0.1) is 18.7 Å². The van der Waals surface area contributed by atoms with E-state index in [0.29, 0.717) is 28.0 Å². The molecule has 226 valence electrons. The number of ketones is 1. The molecule has 4 aromatic carbocycles. The molecule has 1 saturated heterocycles. The summed E-state index contributed by atoms with van der Waals surface area (Å²) in [6.07, 6.45) is 1.61. The van der Waals surface area contributed by atoms with Crippen LogP contribution in [0.25, 0.3) is 16.5 Å². The monoisotopic (exact) mass is 639 g/mol. The van der Waals surface area contributed by atoms with Crippen molar-refractivity contribution in [1.82, 2.24) is 10.2 Å². The summed E-state index contributed by atoms with van der Waals surface area (Å²) in [6, 6.07) is 23.8. The zero-order valence-electron chi connectivity index (χ0n) is 24.0. The number of aromatic nitrogens is 2. The first-order valence-corrected chi connectivity index (χ1v) is 15.6. The van der Waals surface area contributed by atoms with Crippen LogP contribution in [-0.2, 0) is 15.3 Å². The van der Waals surface area contributed by atoms with Crippen molar-refractivity contribution >= 4 is 56.5 Å². The molecule has 1 fully saturated rings. The van der Waals surface area contributed by atoms with E-state index in [9.17, 15) is 19.1 Å². The van der Waals surface area contributed by atoms with E-state index in [1.165, 1.54) is 47.2 Å². The quantitative estimate of drug-likeness (QED) is 0.0424. The predicted molar refractivity (Wildman–Crippen MR) is 173 cm³/mol. The SMILES string of the molecule is C=CCOc1ccc(C2/C(=C(/O)c3ccc(OC)c(F)c3)C(=O)C(=O)N2c2nnc(SCc3cccc4ccccc34)s2)cc1. The number of anilines is 1. The van der Waals surface area contributed by atoms with Crippen LogP contribution in [0.15, 0.2) is 107 Å². The van der Waals surface area contributed by atoms with Crippen LogP contribution < -0.4 is 14.4 Å². The van der Waals surface area contributed by atoms with Gasteiger partial charge in [0.25, 0.3) is 5.78 Å². The van der Waals surface area contributed by atoms with Crippen LogP contribution in [0.1, 0.15) is 22.7 Å². The minimum atomic E-state index is -1.06. The molecule has 0 saturated carbocycles. The van der Waals surface area contributed by atoms with Crippen LogP contribution >= 0.6 is 23.1 Å². The fourth-order valence-electron chi connectivity index (χ4n) is 5.13. The molecule has 0 radical (unpaired) electrons. The second-order valence-electron chi connectivity index (χ2n) is 9.96. The Kier molecular flexibility index (Phi) is 8.63. The summed E-state index contributed by atoms with van der Waals surface area (Å²) in [5, 5.41) is 22.4. The molecular formula is C34H26FN3O5S2. The number of aliphatic hydroxyl groups is 1. The van der Waals surface area contributed by atoms with Crippen molar-refractivity contribution in [2.75, 3.05) is 18.6 Å². The van der Waals surface area contributed by atoms with Crippen molar-refractivity contribution < 1.29 is 28.6 Å². The largest absolute Gasteiger partial charge is 0.507 e. The van der Waals surface area contributed by atoms with Crippen molar-refractivity contribution in [3.63, 3.8) is 0 Å². The van der Waals surface area contributed by atoms with E-state index in [0.717, 1.165) is 22.4 Å². The minimum absolute atomic E-state index is 0.0193. The van der Waals surface area contributed by atoms with E-state index in [1.807, 2.05) is 18.2 Å². The van der Waals surface area contributed by atoms with Crippen LogP contribution in [0.4, 0.5) is 9.52 Å². The number of methoxy groups -OCH3 is 1. The van der Waals surface area contributed by atoms with Gasteiger partial charge in [-0.1, -0.05) is 90.4 Å². The third-order valence-electron chi connectivity index (χ3n) is 7.27. The number of amides is 1. The van der Waals surface area contributed by atoms with Crippen molar-refractivity contribution in [1.29, 1.82) is 0 Å². The molecule has 45 heavy (non-hydrogen) atoms. The number of aliphatic hydroxyl groups excluding tert-OH is 1. The molecule has 5 aromatic rings. The van der Waals surface area contributed by atoms with Gasteiger partial charge in [0.1, 0.15) is 18.1 Å². The lowest BCUT2D eigenvalue weighted by atomic mass is 9.95. The molecule has 11 heteroatoms. The summed E-state index contributed by atoms with van der Waals surface area (Å²) in [6.45, 7) is 3.95. The number of ether oxygens (including phenoxy) is 2. The standard InChI is InChI=1S/C34H26FN3O5S2/c1-3-17-43-24-14-11-21(12-15-24)29-28(30(39)22-13-16-27(42-2)26(35)18-22)31(40)32(41)38(29)33-36-37-34(45-33)44-19-23-9-6-8-20-7-4-5-10-25(20)23/h3-16,18,29,39H,1,17,19H2,2H3/b30-28-. The van der Waals surface area contributed by atoms with Crippen LogP contribution in [-0.4, -0.2) is 40.7 Å². The number of nitrogens with zero attached hydrogens (tertiary/aromatic N) is 3. The molecule has 1 aromatic heterocycles. The molecule has 1 atom stereocenters. The lowest BCUT2D eigenvalue weighted by molar-refractivity contribution is -0.132. The van der Waals surface area contributed by atoms with Crippen LogP contribution in [0, 0.1) is 5.82 Å². The average Bonchev–Trinajstić information content (AvgIpc) is 3.64. The number of carbonyl (C=O) groups excluding carboxylic acids is 2. The summed E-state index contributed by atoms with van der Waals surface area (Å²) in [7, 11) is 1.32. The maximum atomic E-state index is 14.6. The lowest BCUT2D eigenvalue weighted by Gasteiger charge is -2.22. The Bertz CT molecular complexity index is 1950. The zero-order chi connectivity index (χ0) is 31.5. The van der Waals surface area contributed by atoms with Gasteiger partial charge in [0.15, 0.2) is 15.9 Å². The van der Waals surface area contributed by atoms with Crippen molar-refractivity contribution in [3.05, 3.63) is 126 Å². The Hall–Kier alpha value is -5.00. The number of hydrogen-bond donors (Lipinski definition) is 1. The molecule has 0 bridgehead atoms. The summed E-state index contributed by atoms with van der Waals surface area (Å²) in [5.41, 5.74) is 1.45. The summed E-state index contributed by atoms with van der Waals surface area (Å²) >= 11 is 2.64. The number of fused-ring (bicyclic) bond motifs is 1. The first-order chi connectivity index (χ1) is 21.9. The summed E-state index contributed by atoms with van der Waals surface area (Å²) in [4.78, 5) is 28.3.